The lowest BCUT2D eigenvalue weighted by Crippen LogP contribution is -2.47. The number of nitrogens with two attached hydrogens (primary N) is 1. The van der Waals surface area contributed by atoms with Crippen molar-refractivity contribution in [2.45, 2.75) is 25.8 Å². The Bertz CT molecular complexity index is 233. The zero-order chi connectivity index (χ0) is 12.6. The minimum absolute atomic E-state index is 0.249. The summed E-state index contributed by atoms with van der Waals surface area (Å²) in [6.07, 6.45) is 1.35. The average molecular weight is 232 g/mol. The van der Waals surface area contributed by atoms with Crippen molar-refractivity contribution < 1.29 is 19.4 Å². The lowest BCUT2D eigenvalue weighted by atomic mass is 10.1. The second kappa shape index (κ2) is 8.06. The van der Waals surface area contributed by atoms with Crippen LogP contribution in [0.25, 0.3) is 0 Å². The second-order valence-corrected chi connectivity index (χ2v) is 3.54. The van der Waals surface area contributed by atoms with Crippen molar-refractivity contribution in [3.05, 3.63) is 0 Å². The van der Waals surface area contributed by atoms with Crippen molar-refractivity contribution in [1.29, 1.82) is 0 Å². The molecule has 0 aliphatic carbocycles. The van der Waals surface area contributed by atoms with Crippen LogP contribution in [0.3, 0.4) is 0 Å². The Morgan fingerprint density at radius 1 is 1.50 bits per heavy atom. The molecule has 94 valence electrons. The van der Waals surface area contributed by atoms with Crippen LogP contribution in [0.15, 0.2) is 0 Å². The molecule has 6 nitrogen and oxygen atoms in total. The zero-order valence-electron chi connectivity index (χ0n) is 9.81. The van der Waals surface area contributed by atoms with Crippen LogP contribution in [0, 0.1) is 0 Å². The van der Waals surface area contributed by atoms with Gasteiger partial charge >= 0.3 is 5.97 Å². The topological polar surface area (TPSA) is 92.9 Å². The molecule has 0 aliphatic rings. The first-order chi connectivity index (χ1) is 7.52. The number of hydrogen-bond donors (Lipinski definition) is 2. The number of carbonyl (C=O) groups is 2. The van der Waals surface area contributed by atoms with Crippen molar-refractivity contribution >= 4 is 11.9 Å². The van der Waals surface area contributed by atoms with Crippen LogP contribution in [0.4, 0.5) is 0 Å². The fraction of sp³-hybridized carbons (Fsp3) is 0.800. The molecule has 0 unspecified atom stereocenters. The maximum absolute atomic E-state index is 11.8. The summed E-state index contributed by atoms with van der Waals surface area (Å²) in [5.74, 6) is -1.38. The summed E-state index contributed by atoms with van der Waals surface area (Å²) in [4.78, 5) is 23.6. The maximum atomic E-state index is 11.8. The van der Waals surface area contributed by atoms with E-state index in [4.69, 9.17) is 15.6 Å². The Labute approximate surface area is 95.4 Å². The van der Waals surface area contributed by atoms with Gasteiger partial charge in [0.05, 0.1) is 12.6 Å². The van der Waals surface area contributed by atoms with Gasteiger partial charge in [0.1, 0.15) is 6.54 Å². The summed E-state index contributed by atoms with van der Waals surface area (Å²) in [6.45, 7) is 2.14. The molecule has 0 aromatic rings. The molecule has 0 aliphatic heterocycles. The number of methoxy groups -OCH3 is 1. The van der Waals surface area contributed by atoms with Gasteiger partial charge in [0.15, 0.2) is 0 Å². The van der Waals surface area contributed by atoms with Crippen LogP contribution >= 0.6 is 0 Å². The highest BCUT2D eigenvalue weighted by Gasteiger charge is 2.21. The average Bonchev–Trinajstić information content (AvgIpc) is 2.23. The lowest BCUT2D eigenvalue weighted by molar-refractivity contribution is -0.145. The van der Waals surface area contributed by atoms with Crippen LogP contribution < -0.4 is 5.73 Å². The van der Waals surface area contributed by atoms with Crippen LogP contribution in [0.1, 0.15) is 19.8 Å². The van der Waals surface area contributed by atoms with Crippen LogP contribution in [-0.4, -0.2) is 54.7 Å². The predicted molar refractivity (Wildman–Crippen MR) is 59.0 cm³/mol. The van der Waals surface area contributed by atoms with Crippen molar-refractivity contribution in [3.8, 4) is 0 Å². The maximum Gasteiger partial charge on any atom is 0.323 e. The van der Waals surface area contributed by atoms with Gasteiger partial charge in [-0.1, -0.05) is 13.3 Å². The molecule has 0 fully saturated rings. The molecule has 0 saturated carbocycles. The molecule has 16 heavy (non-hydrogen) atoms. The third-order valence-corrected chi connectivity index (χ3v) is 2.12. The Kier molecular flexibility index (Phi) is 7.49. The van der Waals surface area contributed by atoms with Crippen molar-refractivity contribution in [1.82, 2.24) is 4.90 Å². The van der Waals surface area contributed by atoms with Gasteiger partial charge < -0.3 is 20.5 Å². The van der Waals surface area contributed by atoms with E-state index in [0.29, 0.717) is 13.0 Å². The molecule has 0 aromatic carbocycles. The standard InChI is InChI=1S/C10H20N2O4/c1-3-4-8(11)10(15)12(5-6-16-2)7-9(13)14/h8H,3-7,11H2,1-2H3,(H,13,14)/t8-/m1/s1. The third-order valence-electron chi connectivity index (χ3n) is 2.12. The molecule has 3 N–H and O–H groups in total. The summed E-state index contributed by atoms with van der Waals surface area (Å²) < 4.78 is 4.82. The van der Waals surface area contributed by atoms with E-state index in [-0.39, 0.29) is 19.0 Å². The van der Waals surface area contributed by atoms with Crippen LogP contribution in [0.5, 0.6) is 0 Å². The quantitative estimate of drug-likeness (QED) is 0.598. The van der Waals surface area contributed by atoms with E-state index < -0.39 is 12.0 Å². The number of aliphatic carboxylic acids is 1. The number of carboxylic acid groups (broad SMARTS) is 1. The fourth-order valence-electron chi connectivity index (χ4n) is 1.30. The molecule has 0 aromatic heterocycles. The number of hydrogen-bond acceptors (Lipinski definition) is 4. The van der Waals surface area contributed by atoms with Gasteiger partial charge in [-0.2, -0.15) is 0 Å². The number of rotatable bonds is 8. The lowest BCUT2D eigenvalue weighted by Gasteiger charge is -2.23. The summed E-state index contributed by atoms with van der Waals surface area (Å²) in [5.41, 5.74) is 5.65. The molecule has 1 amide bonds. The SMILES string of the molecule is CCC[C@@H](N)C(=O)N(CCOC)CC(=O)O. The first-order valence-electron chi connectivity index (χ1n) is 5.28. The van der Waals surface area contributed by atoms with E-state index in [1.54, 1.807) is 0 Å². The van der Waals surface area contributed by atoms with E-state index >= 15 is 0 Å². The summed E-state index contributed by atoms with van der Waals surface area (Å²) >= 11 is 0. The molecular formula is C10H20N2O4. The minimum Gasteiger partial charge on any atom is -0.480 e. The molecule has 6 heteroatoms. The predicted octanol–water partition coefficient (Wildman–Crippen LogP) is -0.327. The van der Waals surface area contributed by atoms with Crippen molar-refractivity contribution in [2.24, 2.45) is 5.73 Å². The van der Waals surface area contributed by atoms with Gasteiger partial charge in [0, 0.05) is 13.7 Å². The number of carbonyl (C=O) groups excluding carboxylic acids is 1. The number of carboxylic acids is 1. The first-order valence-corrected chi connectivity index (χ1v) is 5.28. The Hall–Kier alpha value is -1.14. The highest BCUT2D eigenvalue weighted by atomic mass is 16.5. The summed E-state index contributed by atoms with van der Waals surface area (Å²) in [7, 11) is 1.50. The minimum atomic E-state index is -1.05. The van der Waals surface area contributed by atoms with Gasteiger partial charge in [-0.15, -0.1) is 0 Å². The van der Waals surface area contributed by atoms with E-state index in [9.17, 15) is 9.59 Å². The van der Waals surface area contributed by atoms with Crippen LogP contribution in [-0.2, 0) is 14.3 Å². The van der Waals surface area contributed by atoms with E-state index in [1.165, 1.54) is 12.0 Å². The largest absolute Gasteiger partial charge is 0.480 e. The molecule has 1 atom stereocenters. The van der Waals surface area contributed by atoms with E-state index in [0.717, 1.165) is 6.42 Å². The highest BCUT2D eigenvalue weighted by molar-refractivity contribution is 5.85. The van der Waals surface area contributed by atoms with Gasteiger partial charge in [-0.3, -0.25) is 9.59 Å². The Morgan fingerprint density at radius 3 is 2.56 bits per heavy atom. The second-order valence-electron chi connectivity index (χ2n) is 3.54. The molecule has 0 spiro atoms. The molecular weight excluding hydrogens is 212 g/mol. The third kappa shape index (κ3) is 5.67. The van der Waals surface area contributed by atoms with Crippen molar-refractivity contribution in [2.75, 3.05) is 26.8 Å². The van der Waals surface area contributed by atoms with E-state index in [1.807, 2.05) is 6.92 Å². The molecule has 0 saturated heterocycles. The normalized spacial score (nSPS) is 12.2. The van der Waals surface area contributed by atoms with Gasteiger partial charge in [-0.05, 0) is 6.42 Å². The zero-order valence-corrected chi connectivity index (χ0v) is 9.81. The first kappa shape index (κ1) is 14.9. The molecule has 0 bridgehead atoms. The number of ether oxygens (including phenoxy) is 1. The number of nitrogens with zero attached hydrogens (tertiary/aromatic N) is 1. The fourth-order valence-corrected chi connectivity index (χ4v) is 1.30. The summed E-state index contributed by atoms with van der Waals surface area (Å²) in [5, 5.41) is 8.67. The number of amides is 1. The highest BCUT2D eigenvalue weighted by Crippen LogP contribution is 2.00. The van der Waals surface area contributed by atoms with Gasteiger partial charge in [0.2, 0.25) is 5.91 Å². The monoisotopic (exact) mass is 232 g/mol. The van der Waals surface area contributed by atoms with Gasteiger partial charge in [0.25, 0.3) is 0 Å². The van der Waals surface area contributed by atoms with E-state index in [2.05, 4.69) is 0 Å². The molecule has 0 radical (unpaired) electrons. The Balaban J connectivity index is 4.35. The van der Waals surface area contributed by atoms with Crippen molar-refractivity contribution in [3.63, 3.8) is 0 Å². The van der Waals surface area contributed by atoms with Gasteiger partial charge in [-0.25, -0.2) is 0 Å². The Morgan fingerprint density at radius 2 is 2.12 bits per heavy atom. The molecule has 0 heterocycles. The van der Waals surface area contributed by atoms with Crippen LogP contribution in [0.2, 0.25) is 0 Å². The molecule has 0 rings (SSSR count). The smallest absolute Gasteiger partial charge is 0.323 e. The summed E-state index contributed by atoms with van der Waals surface area (Å²) in [6, 6.07) is -0.624.